The molecule has 0 fully saturated rings. The minimum absolute atomic E-state index is 0.0238. The van der Waals surface area contributed by atoms with Crippen LogP contribution in [0.3, 0.4) is 0 Å². The smallest absolute Gasteiger partial charge is 0.228 e. The minimum atomic E-state index is -1.80. The molecule has 134 valence electrons. The number of phenolic OH excluding ortho intramolecular Hbond substituents is 1. The first-order valence-electron chi connectivity index (χ1n) is 7.45. The second-order valence-corrected chi connectivity index (χ2v) is 7.89. The number of anilines is 1. The van der Waals surface area contributed by atoms with Crippen molar-refractivity contribution in [3.63, 3.8) is 0 Å². The number of para-hydroxylation sites is 2. The number of unbranched alkanes of at least 4 members (excludes halogenated alkanes) is 2. The second-order valence-electron chi connectivity index (χ2n) is 5.11. The number of amides is 1. The van der Waals surface area contributed by atoms with Gasteiger partial charge in [-0.2, -0.15) is 0 Å². The fraction of sp³-hybridized carbons (Fsp3) is 0.467. The van der Waals surface area contributed by atoms with Crippen LogP contribution >= 0.6 is 47.0 Å². The SMILES string of the molecule is CCCCCC(=O)N[C@H](NC(=S)Nc1ccccc1O)C(Cl)(Cl)Cl. The van der Waals surface area contributed by atoms with Crippen LogP contribution in [0.4, 0.5) is 5.69 Å². The first kappa shape index (κ1) is 21.1. The quantitative estimate of drug-likeness (QED) is 0.179. The topological polar surface area (TPSA) is 73.4 Å². The van der Waals surface area contributed by atoms with Crippen LogP contribution < -0.4 is 16.0 Å². The highest BCUT2D eigenvalue weighted by molar-refractivity contribution is 7.80. The van der Waals surface area contributed by atoms with Gasteiger partial charge in [-0.15, -0.1) is 0 Å². The number of benzene rings is 1. The van der Waals surface area contributed by atoms with E-state index in [4.69, 9.17) is 47.0 Å². The summed E-state index contributed by atoms with van der Waals surface area (Å²) < 4.78 is -1.80. The first-order valence-corrected chi connectivity index (χ1v) is 8.99. The lowest BCUT2D eigenvalue weighted by molar-refractivity contribution is -0.122. The lowest BCUT2D eigenvalue weighted by Gasteiger charge is -2.27. The minimum Gasteiger partial charge on any atom is -0.506 e. The van der Waals surface area contributed by atoms with E-state index >= 15 is 0 Å². The van der Waals surface area contributed by atoms with E-state index in [0.717, 1.165) is 19.3 Å². The summed E-state index contributed by atoms with van der Waals surface area (Å²) in [6.45, 7) is 2.05. The van der Waals surface area contributed by atoms with Gasteiger partial charge in [-0.25, -0.2) is 0 Å². The van der Waals surface area contributed by atoms with E-state index < -0.39 is 9.96 Å². The molecule has 1 aromatic carbocycles. The summed E-state index contributed by atoms with van der Waals surface area (Å²) in [5.41, 5.74) is 0.396. The van der Waals surface area contributed by atoms with Gasteiger partial charge in [0, 0.05) is 6.42 Å². The van der Waals surface area contributed by atoms with Crippen molar-refractivity contribution < 1.29 is 9.90 Å². The normalized spacial score (nSPS) is 12.3. The molecule has 0 heterocycles. The molecule has 0 spiro atoms. The number of rotatable bonds is 7. The van der Waals surface area contributed by atoms with Crippen LogP contribution in [0.5, 0.6) is 5.75 Å². The third-order valence-corrected chi connectivity index (χ3v) is 3.94. The molecule has 0 aliphatic carbocycles. The van der Waals surface area contributed by atoms with Crippen molar-refractivity contribution in [2.75, 3.05) is 5.32 Å². The molecule has 24 heavy (non-hydrogen) atoms. The van der Waals surface area contributed by atoms with Crippen LogP contribution in [0.1, 0.15) is 32.6 Å². The lowest BCUT2D eigenvalue weighted by Crippen LogP contribution is -2.56. The largest absolute Gasteiger partial charge is 0.506 e. The molecular formula is C15H20Cl3N3O2S. The number of hydrogen-bond acceptors (Lipinski definition) is 3. The summed E-state index contributed by atoms with van der Waals surface area (Å²) in [5, 5.41) is 17.9. The average Bonchev–Trinajstić information content (AvgIpc) is 2.48. The van der Waals surface area contributed by atoms with Crippen LogP contribution in [0.15, 0.2) is 24.3 Å². The number of carbonyl (C=O) groups excluding carboxylic acids is 1. The van der Waals surface area contributed by atoms with Crippen LogP contribution in [0, 0.1) is 0 Å². The van der Waals surface area contributed by atoms with E-state index in [-0.39, 0.29) is 16.8 Å². The zero-order chi connectivity index (χ0) is 18.2. The monoisotopic (exact) mass is 411 g/mol. The van der Waals surface area contributed by atoms with E-state index in [1.807, 2.05) is 6.92 Å². The third-order valence-electron chi connectivity index (χ3n) is 3.07. The van der Waals surface area contributed by atoms with E-state index in [0.29, 0.717) is 12.1 Å². The van der Waals surface area contributed by atoms with Crippen molar-refractivity contribution >= 4 is 63.7 Å². The summed E-state index contributed by atoms with van der Waals surface area (Å²) in [6.07, 6.45) is 2.05. The number of nitrogens with one attached hydrogen (secondary N) is 3. The standard InChI is InChI=1S/C15H20Cl3N3O2S/c1-2-3-4-9-12(23)20-13(15(16,17)18)21-14(24)19-10-7-5-6-8-11(10)22/h5-8,13,22H,2-4,9H2,1H3,(H,20,23)(H2,19,21,24)/t13-/m1/s1. The molecule has 0 unspecified atom stereocenters. The van der Waals surface area contributed by atoms with Gasteiger partial charge in [0.15, 0.2) is 5.11 Å². The highest BCUT2D eigenvalue weighted by Crippen LogP contribution is 2.29. The number of hydrogen-bond donors (Lipinski definition) is 4. The van der Waals surface area contributed by atoms with Crippen molar-refractivity contribution in [1.29, 1.82) is 0 Å². The molecule has 5 nitrogen and oxygen atoms in total. The molecule has 0 aliphatic rings. The number of carbonyl (C=O) groups is 1. The van der Waals surface area contributed by atoms with Gasteiger partial charge in [0.1, 0.15) is 11.9 Å². The summed E-state index contributed by atoms with van der Waals surface area (Å²) in [4.78, 5) is 11.9. The summed E-state index contributed by atoms with van der Waals surface area (Å²) >= 11 is 22.8. The predicted molar refractivity (Wildman–Crippen MR) is 104 cm³/mol. The van der Waals surface area contributed by atoms with Crippen LogP contribution in [-0.4, -0.2) is 26.1 Å². The number of thiocarbonyl (C=S) groups is 1. The fourth-order valence-electron chi connectivity index (χ4n) is 1.84. The Labute approximate surface area is 162 Å². The van der Waals surface area contributed by atoms with E-state index in [2.05, 4.69) is 16.0 Å². The molecule has 9 heteroatoms. The number of aromatic hydroxyl groups is 1. The van der Waals surface area contributed by atoms with Gasteiger partial charge in [0.25, 0.3) is 0 Å². The third kappa shape index (κ3) is 7.75. The Hall–Kier alpha value is -0.950. The molecule has 0 bridgehead atoms. The first-order chi connectivity index (χ1) is 11.2. The van der Waals surface area contributed by atoms with Gasteiger partial charge < -0.3 is 21.1 Å². The van der Waals surface area contributed by atoms with Crippen LogP contribution in [-0.2, 0) is 4.79 Å². The Kier molecular flexibility index (Phi) is 8.91. The Morgan fingerprint density at radius 1 is 1.25 bits per heavy atom. The predicted octanol–water partition coefficient (Wildman–Crippen LogP) is 4.07. The maximum atomic E-state index is 11.9. The summed E-state index contributed by atoms with van der Waals surface area (Å²) in [6, 6.07) is 6.55. The van der Waals surface area contributed by atoms with Crippen LogP contribution in [0.2, 0.25) is 0 Å². The van der Waals surface area contributed by atoms with Crippen molar-refractivity contribution in [3.05, 3.63) is 24.3 Å². The second kappa shape index (κ2) is 10.1. The molecular weight excluding hydrogens is 393 g/mol. The van der Waals surface area contributed by atoms with Gasteiger partial charge >= 0.3 is 0 Å². The molecule has 0 saturated carbocycles. The number of phenols is 1. The maximum Gasteiger partial charge on any atom is 0.228 e. The maximum absolute atomic E-state index is 11.9. The average molecular weight is 413 g/mol. The lowest BCUT2D eigenvalue weighted by atomic mass is 10.2. The number of alkyl halides is 3. The Balaban J connectivity index is 2.64. The molecule has 0 radical (unpaired) electrons. The zero-order valence-electron chi connectivity index (χ0n) is 13.1. The van der Waals surface area contributed by atoms with Gasteiger partial charge in [0.2, 0.25) is 9.70 Å². The molecule has 4 N–H and O–H groups in total. The molecule has 0 aliphatic heterocycles. The molecule has 1 rings (SSSR count). The Morgan fingerprint density at radius 3 is 2.50 bits per heavy atom. The molecule has 0 saturated heterocycles. The molecule has 0 aromatic heterocycles. The van der Waals surface area contributed by atoms with Crippen molar-refractivity contribution in [3.8, 4) is 5.75 Å². The van der Waals surface area contributed by atoms with Crippen molar-refractivity contribution in [1.82, 2.24) is 10.6 Å². The van der Waals surface area contributed by atoms with E-state index in [9.17, 15) is 9.90 Å². The van der Waals surface area contributed by atoms with Crippen molar-refractivity contribution in [2.24, 2.45) is 0 Å². The zero-order valence-corrected chi connectivity index (χ0v) is 16.2. The van der Waals surface area contributed by atoms with Crippen LogP contribution in [0.25, 0.3) is 0 Å². The molecule has 1 amide bonds. The van der Waals surface area contributed by atoms with Gasteiger partial charge in [-0.05, 0) is 30.8 Å². The van der Waals surface area contributed by atoms with Gasteiger partial charge in [0.05, 0.1) is 5.69 Å². The summed E-state index contributed by atoms with van der Waals surface area (Å²) in [5.74, 6) is -0.215. The number of halogens is 3. The summed E-state index contributed by atoms with van der Waals surface area (Å²) in [7, 11) is 0. The van der Waals surface area contributed by atoms with E-state index in [1.54, 1.807) is 18.2 Å². The van der Waals surface area contributed by atoms with E-state index in [1.165, 1.54) is 6.07 Å². The fourth-order valence-corrected chi connectivity index (χ4v) is 2.39. The van der Waals surface area contributed by atoms with Crippen molar-refractivity contribution in [2.45, 2.75) is 42.6 Å². The Morgan fingerprint density at radius 2 is 1.92 bits per heavy atom. The van der Waals surface area contributed by atoms with Gasteiger partial charge in [-0.1, -0.05) is 66.7 Å². The van der Waals surface area contributed by atoms with Gasteiger partial charge in [-0.3, -0.25) is 4.79 Å². The highest BCUT2D eigenvalue weighted by atomic mass is 35.6. The highest BCUT2D eigenvalue weighted by Gasteiger charge is 2.34. The molecule has 1 aromatic rings. The molecule has 1 atom stereocenters. The Bertz CT molecular complexity index is 567.